The third-order valence-corrected chi connectivity index (χ3v) is 3.77. The van der Waals surface area contributed by atoms with Crippen LogP contribution in [0.15, 0.2) is 54.6 Å². The van der Waals surface area contributed by atoms with E-state index in [0.29, 0.717) is 23.0 Å². The number of carbonyl (C=O) groups excluding carboxylic acids is 3. The molecule has 1 amide bonds. The summed E-state index contributed by atoms with van der Waals surface area (Å²) >= 11 is 0. The van der Waals surface area contributed by atoms with Crippen molar-refractivity contribution >= 4 is 18.2 Å². The first kappa shape index (κ1) is 15.9. The first-order valence-electron chi connectivity index (χ1n) is 7.79. The molecule has 1 atom stereocenters. The molecular weight excluding hydrogens is 306 g/mol. The minimum atomic E-state index is -0.995. The first-order chi connectivity index (χ1) is 11.7. The molecule has 122 valence electrons. The predicted octanol–water partition coefficient (Wildman–Crippen LogP) is 2.68. The van der Waals surface area contributed by atoms with Gasteiger partial charge in [-0.15, -0.1) is 0 Å². The van der Waals surface area contributed by atoms with Crippen molar-refractivity contribution in [3.8, 4) is 0 Å². The summed E-state index contributed by atoms with van der Waals surface area (Å²) in [7, 11) is 0. The van der Waals surface area contributed by atoms with Gasteiger partial charge in [-0.1, -0.05) is 42.5 Å². The largest absolute Gasteiger partial charge is 0.444 e. The second-order valence-electron chi connectivity index (χ2n) is 5.72. The van der Waals surface area contributed by atoms with Gasteiger partial charge in [-0.3, -0.25) is 9.59 Å². The number of esters is 1. The predicted molar refractivity (Wildman–Crippen MR) is 87.6 cm³/mol. The molecule has 0 unspecified atom stereocenters. The Bertz CT molecular complexity index is 736. The molecule has 24 heavy (non-hydrogen) atoms. The zero-order chi connectivity index (χ0) is 16.9. The lowest BCUT2D eigenvalue weighted by Crippen LogP contribution is -2.33. The summed E-state index contributed by atoms with van der Waals surface area (Å²) in [5, 5.41) is 2.87. The summed E-state index contributed by atoms with van der Waals surface area (Å²) < 4.78 is 5.45. The van der Waals surface area contributed by atoms with E-state index in [2.05, 4.69) is 5.32 Å². The fourth-order valence-corrected chi connectivity index (χ4v) is 2.28. The van der Waals surface area contributed by atoms with Crippen LogP contribution in [-0.4, -0.2) is 24.2 Å². The summed E-state index contributed by atoms with van der Waals surface area (Å²) in [6.07, 6.45) is 1.61. The van der Waals surface area contributed by atoms with Gasteiger partial charge in [0.25, 0.3) is 5.91 Å². The number of rotatable bonds is 6. The second-order valence-corrected chi connectivity index (χ2v) is 5.72. The molecule has 1 saturated carbocycles. The number of aldehydes is 1. The van der Waals surface area contributed by atoms with Crippen LogP contribution in [-0.2, 0) is 9.53 Å². The van der Waals surface area contributed by atoms with E-state index in [4.69, 9.17) is 4.74 Å². The van der Waals surface area contributed by atoms with Crippen molar-refractivity contribution in [2.24, 2.45) is 0 Å². The standard InChI is InChI=1S/C19H17NO4/c21-12-13-6-8-15(9-7-13)19(23)24-17(14-4-2-1-3-5-14)18(22)20-16-10-11-16/h1-9,12,16-17H,10-11H2,(H,20,22)/t17-/m0/s1. The van der Waals surface area contributed by atoms with E-state index in [1.54, 1.807) is 24.3 Å². The average molecular weight is 323 g/mol. The van der Waals surface area contributed by atoms with Crippen molar-refractivity contribution in [3.05, 3.63) is 71.3 Å². The summed E-state index contributed by atoms with van der Waals surface area (Å²) in [6.45, 7) is 0. The molecule has 5 nitrogen and oxygen atoms in total. The van der Waals surface area contributed by atoms with E-state index in [-0.39, 0.29) is 11.9 Å². The molecule has 0 aliphatic heterocycles. The molecule has 3 rings (SSSR count). The van der Waals surface area contributed by atoms with Gasteiger partial charge < -0.3 is 10.1 Å². The van der Waals surface area contributed by atoms with E-state index in [1.807, 2.05) is 6.07 Å². The number of carbonyl (C=O) groups is 3. The molecule has 2 aromatic carbocycles. The lowest BCUT2D eigenvalue weighted by atomic mass is 10.1. The SMILES string of the molecule is O=Cc1ccc(C(=O)O[C@H](C(=O)NC2CC2)c2ccccc2)cc1. The average Bonchev–Trinajstić information content (AvgIpc) is 3.44. The monoisotopic (exact) mass is 323 g/mol. The first-order valence-corrected chi connectivity index (χ1v) is 7.79. The highest BCUT2D eigenvalue weighted by molar-refractivity contribution is 5.93. The van der Waals surface area contributed by atoms with Crippen LogP contribution in [0.3, 0.4) is 0 Å². The summed E-state index contributed by atoms with van der Waals surface area (Å²) in [5.74, 6) is -0.922. The van der Waals surface area contributed by atoms with E-state index in [9.17, 15) is 14.4 Å². The third kappa shape index (κ3) is 3.87. The Morgan fingerprint density at radius 3 is 2.29 bits per heavy atom. The molecule has 1 fully saturated rings. The van der Waals surface area contributed by atoms with E-state index in [1.165, 1.54) is 24.3 Å². The Labute approximate surface area is 139 Å². The Hall–Kier alpha value is -2.95. The summed E-state index contributed by atoms with van der Waals surface area (Å²) in [5.41, 5.74) is 1.38. The van der Waals surface area contributed by atoms with Crippen molar-refractivity contribution in [3.63, 3.8) is 0 Å². The van der Waals surface area contributed by atoms with Crippen molar-refractivity contribution < 1.29 is 19.1 Å². The number of hydrogen-bond donors (Lipinski definition) is 1. The summed E-state index contributed by atoms with van der Waals surface area (Å²) in [6, 6.07) is 15.2. The highest BCUT2D eigenvalue weighted by atomic mass is 16.5. The fourth-order valence-electron chi connectivity index (χ4n) is 2.28. The van der Waals surface area contributed by atoms with Crippen LogP contribution in [0.1, 0.15) is 45.2 Å². The van der Waals surface area contributed by atoms with Gasteiger partial charge in [-0.2, -0.15) is 0 Å². The van der Waals surface area contributed by atoms with Crippen LogP contribution in [0.25, 0.3) is 0 Å². The van der Waals surface area contributed by atoms with Gasteiger partial charge in [0.1, 0.15) is 6.29 Å². The number of hydrogen-bond acceptors (Lipinski definition) is 4. The number of amides is 1. The van der Waals surface area contributed by atoms with Crippen molar-refractivity contribution in [2.45, 2.75) is 25.0 Å². The van der Waals surface area contributed by atoms with Crippen LogP contribution < -0.4 is 5.32 Å². The molecule has 0 spiro atoms. The van der Waals surface area contributed by atoms with Gasteiger partial charge >= 0.3 is 5.97 Å². The van der Waals surface area contributed by atoms with Crippen molar-refractivity contribution in [1.82, 2.24) is 5.32 Å². The lowest BCUT2D eigenvalue weighted by Gasteiger charge is -2.18. The molecule has 0 aromatic heterocycles. The van der Waals surface area contributed by atoms with Gasteiger partial charge in [0.05, 0.1) is 5.56 Å². The van der Waals surface area contributed by atoms with Gasteiger partial charge in [0, 0.05) is 17.2 Å². The Morgan fingerprint density at radius 1 is 1.04 bits per heavy atom. The quantitative estimate of drug-likeness (QED) is 0.655. The number of ether oxygens (including phenoxy) is 1. The van der Waals surface area contributed by atoms with E-state index in [0.717, 1.165) is 12.8 Å². The van der Waals surface area contributed by atoms with Crippen LogP contribution in [0, 0.1) is 0 Å². The lowest BCUT2D eigenvalue weighted by molar-refractivity contribution is -0.130. The van der Waals surface area contributed by atoms with Crippen molar-refractivity contribution in [1.29, 1.82) is 0 Å². The molecule has 1 aliphatic rings. The Kier molecular flexibility index (Phi) is 4.70. The molecule has 0 heterocycles. The van der Waals surface area contributed by atoms with Crippen LogP contribution in [0.4, 0.5) is 0 Å². The summed E-state index contributed by atoms with van der Waals surface area (Å²) in [4.78, 5) is 35.4. The van der Waals surface area contributed by atoms with Gasteiger partial charge in [0.2, 0.25) is 6.10 Å². The highest BCUT2D eigenvalue weighted by Crippen LogP contribution is 2.24. The molecule has 0 bridgehead atoms. The maximum Gasteiger partial charge on any atom is 0.339 e. The van der Waals surface area contributed by atoms with Crippen LogP contribution in [0.2, 0.25) is 0 Å². The molecular formula is C19H17NO4. The fraction of sp³-hybridized carbons (Fsp3) is 0.211. The molecule has 0 radical (unpaired) electrons. The van der Waals surface area contributed by atoms with E-state index < -0.39 is 12.1 Å². The van der Waals surface area contributed by atoms with Gasteiger partial charge in [-0.05, 0) is 25.0 Å². The Balaban J connectivity index is 1.78. The normalized spacial score (nSPS) is 14.5. The molecule has 1 aliphatic carbocycles. The minimum Gasteiger partial charge on any atom is -0.444 e. The molecule has 0 saturated heterocycles. The number of nitrogens with one attached hydrogen (secondary N) is 1. The number of benzene rings is 2. The van der Waals surface area contributed by atoms with Gasteiger partial charge in [-0.25, -0.2) is 4.79 Å². The molecule has 5 heteroatoms. The van der Waals surface area contributed by atoms with Crippen LogP contribution in [0.5, 0.6) is 0 Å². The smallest absolute Gasteiger partial charge is 0.339 e. The third-order valence-electron chi connectivity index (χ3n) is 3.77. The zero-order valence-corrected chi connectivity index (χ0v) is 13.0. The molecule has 1 N–H and O–H groups in total. The second kappa shape index (κ2) is 7.08. The van der Waals surface area contributed by atoms with E-state index >= 15 is 0 Å². The highest BCUT2D eigenvalue weighted by Gasteiger charge is 2.31. The zero-order valence-electron chi connectivity index (χ0n) is 13.0. The topological polar surface area (TPSA) is 72.5 Å². The van der Waals surface area contributed by atoms with Gasteiger partial charge in [0.15, 0.2) is 0 Å². The Morgan fingerprint density at radius 2 is 1.71 bits per heavy atom. The minimum absolute atomic E-state index is 0.175. The molecule has 2 aromatic rings. The van der Waals surface area contributed by atoms with Crippen LogP contribution >= 0.6 is 0 Å². The van der Waals surface area contributed by atoms with Crippen molar-refractivity contribution in [2.75, 3.05) is 0 Å². The maximum atomic E-state index is 12.4. The maximum absolute atomic E-state index is 12.4.